The molecule has 1 aliphatic heterocycles. The molecule has 0 radical (unpaired) electrons. The molecule has 0 saturated carbocycles. The Hall–Kier alpha value is -2.69. The topological polar surface area (TPSA) is 42.0 Å². The molecule has 2 aromatic carbocycles. The van der Waals surface area contributed by atoms with Gasteiger partial charge in [0.2, 0.25) is 0 Å². The Labute approximate surface area is 161 Å². The van der Waals surface area contributed by atoms with Crippen LogP contribution in [0.25, 0.3) is 0 Å². The molecule has 0 unspecified atom stereocenters. The zero-order valence-corrected chi connectivity index (χ0v) is 16.4. The van der Waals surface area contributed by atoms with Gasteiger partial charge in [-0.25, -0.2) is 4.79 Å². The summed E-state index contributed by atoms with van der Waals surface area (Å²) < 4.78 is 11.4. The van der Waals surface area contributed by atoms with Gasteiger partial charge in [0.15, 0.2) is 0 Å². The SMILES string of the molecule is CC(C)(C)OC(=O)N1CCN(c2cccc(OCc3ccccc3)c2)CC1. The summed E-state index contributed by atoms with van der Waals surface area (Å²) in [6.07, 6.45) is -0.234. The highest BCUT2D eigenvalue weighted by Gasteiger charge is 2.26. The maximum Gasteiger partial charge on any atom is 0.410 e. The van der Waals surface area contributed by atoms with Crippen molar-refractivity contribution < 1.29 is 14.3 Å². The van der Waals surface area contributed by atoms with Crippen molar-refractivity contribution in [1.29, 1.82) is 0 Å². The highest BCUT2D eigenvalue weighted by molar-refractivity contribution is 5.68. The fourth-order valence-corrected chi connectivity index (χ4v) is 2.98. The minimum Gasteiger partial charge on any atom is -0.489 e. The molecule has 0 aromatic heterocycles. The lowest BCUT2D eigenvalue weighted by Gasteiger charge is -2.36. The Bertz CT molecular complexity index is 748. The number of hydrogen-bond acceptors (Lipinski definition) is 4. The van der Waals surface area contributed by atoms with Crippen LogP contribution in [0.1, 0.15) is 26.3 Å². The quantitative estimate of drug-likeness (QED) is 0.806. The first-order valence-electron chi connectivity index (χ1n) is 9.40. The largest absolute Gasteiger partial charge is 0.489 e. The number of anilines is 1. The predicted octanol–water partition coefficient (Wildman–Crippen LogP) is 4.32. The summed E-state index contributed by atoms with van der Waals surface area (Å²) in [5.74, 6) is 0.853. The first-order valence-corrected chi connectivity index (χ1v) is 9.40. The summed E-state index contributed by atoms with van der Waals surface area (Å²) >= 11 is 0. The van der Waals surface area contributed by atoms with Crippen molar-refractivity contribution in [3.8, 4) is 5.75 Å². The van der Waals surface area contributed by atoms with Gasteiger partial charge in [0.1, 0.15) is 18.0 Å². The molecule has 144 valence electrons. The summed E-state index contributed by atoms with van der Waals surface area (Å²) in [4.78, 5) is 16.2. The maximum absolute atomic E-state index is 12.2. The van der Waals surface area contributed by atoms with E-state index in [0.29, 0.717) is 19.7 Å². The Morgan fingerprint density at radius 2 is 1.67 bits per heavy atom. The third-order valence-electron chi connectivity index (χ3n) is 4.36. The van der Waals surface area contributed by atoms with Gasteiger partial charge in [-0.1, -0.05) is 36.4 Å². The standard InChI is InChI=1S/C22H28N2O3/c1-22(2,3)27-21(25)24-14-12-23(13-15-24)19-10-7-11-20(16-19)26-17-18-8-5-4-6-9-18/h4-11,16H,12-15,17H2,1-3H3. The minimum atomic E-state index is -0.460. The number of piperazine rings is 1. The van der Waals surface area contributed by atoms with E-state index < -0.39 is 5.60 Å². The van der Waals surface area contributed by atoms with Crippen LogP contribution in [-0.4, -0.2) is 42.8 Å². The smallest absolute Gasteiger partial charge is 0.410 e. The average Bonchev–Trinajstić information content (AvgIpc) is 2.66. The van der Waals surface area contributed by atoms with Crippen LogP contribution in [0.15, 0.2) is 54.6 Å². The van der Waals surface area contributed by atoms with Gasteiger partial charge in [-0.2, -0.15) is 0 Å². The molecule has 1 saturated heterocycles. The van der Waals surface area contributed by atoms with Crippen LogP contribution in [0.5, 0.6) is 5.75 Å². The number of benzene rings is 2. The van der Waals surface area contributed by atoms with Gasteiger partial charge in [0.25, 0.3) is 0 Å². The van der Waals surface area contributed by atoms with Crippen molar-refractivity contribution in [1.82, 2.24) is 4.90 Å². The van der Waals surface area contributed by atoms with Crippen molar-refractivity contribution in [3.63, 3.8) is 0 Å². The molecule has 0 bridgehead atoms. The second-order valence-electron chi connectivity index (χ2n) is 7.73. The minimum absolute atomic E-state index is 0.234. The first-order chi connectivity index (χ1) is 12.9. The summed E-state index contributed by atoms with van der Waals surface area (Å²) in [7, 11) is 0. The molecule has 1 aliphatic rings. The molecule has 1 heterocycles. The van der Waals surface area contributed by atoms with Crippen molar-refractivity contribution in [3.05, 3.63) is 60.2 Å². The zero-order chi connectivity index (χ0) is 19.3. The van der Waals surface area contributed by atoms with Crippen LogP contribution in [0, 0.1) is 0 Å². The summed E-state index contributed by atoms with van der Waals surface area (Å²) in [6, 6.07) is 18.3. The van der Waals surface area contributed by atoms with Crippen LogP contribution in [0.3, 0.4) is 0 Å². The Morgan fingerprint density at radius 3 is 2.33 bits per heavy atom. The lowest BCUT2D eigenvalue weighted by atomic mass is 10.2. The van der Waals surface area contributed by atoms with Crippen molar-refractivity contribution in [2.45, 2.75) is 33.0 Å². The van der Waals surface area contributed by atoms with E-state index in [1.54, 1.807) is 4.90 Å². The van der Waals surface area contributed by atoms with Crippen molar-refractivity contribution >= 4 is 11.8 Å². The van der Waals surface area contributed by atoms with E-state index in [-0.39, 0.29) is 6.09 Å². The number of amides is 1. The lowest BCUT2D eigenvalue weighted by Crippen LogP contribution is -2.50. The zero-order valence-electron chi connectivity index (χ0n) is 16.4. The third-order valence-corrected chi connectivity index (χ3v) is 4.36. The number of rotatable bonds is 4. The van der Waals surface area contributed by atoms with Crippen LogP contribution in [0.2, 0.25) is 0 Å². The molecule has 5 heteroatoms. The molecule has 1 amide bonds. The fraction of sp³-hybridized carbons (Fsp3) is 0.409. The van der Waals surface area contributed by atoms with E-state index in [2.05, 4.69) is 29.2 Å². The van der Waals surface area contributed by atoms with Gasteiger partial charge in [-0.15, -0.1) is 0 Å². The Balaban J connectivity index is 1.54. The van der Waals surface area contributed by atoms with Gasteiger partial charge in [-0.05, 0) is 38.5 Å². The number of carbonyl (C=O) groups is 1. The van der Waals surface area contributed by atoms with E-state index in [1.165, 1.54) is 0 Å². The van der Waals surface area contributed by atoms with Crippen LogP contribution in [0.4, 0.5) is 10.5 Å². The summed E-state index contributed by atoms with van der Waals surface area (Å²) in [5, 5.41) is 0. The Kier molecular flexibility index (Phi) is 5.89. The van der Waals surface area contributed by atoms with E-state index in [9.17, 15) is 4.79 Å². The molecule has 2 aromatic rings. The highest BCUT2D eigenvalue weighted by Crippen LogP contribution is 2.23. The third kappa shape index (κ3) is 5.64. The molecular formula is C22H28N2O3. The molecule has 5 nitrogen and oxygen atoms in total. The van der Waals surface area contributed by atoms with Crippen molar-refractivity contribution in [2.24, 2.45) is 0 Å². The van der Waals surface area contributed by atoms with E-state index >= 15 is 0 Å². The van der Waals surface area contributed by atoms with Crippen LogP contribution >= 0.6 is 0 Å². The molecule has 0 aliphatic carbocycles. The normalized spacial score (nSPS) is 14.8. The van der Waals surface area contributed by atoms with Gasteiger partial charge < -0.3 is 19.3 Å². The van der Waals surface area contributed by atoms with Crippen LogP contribution < -0.4 is 9.64 Å². The number of hydrogen-bond donors (Lipinski definition) is 0. The number of ether oxygens (including phenoxy) is 2. The molecule has 0 spiro atoms. The average molecular weight is 368 g/mol. The van der Waals surface area contributed by atoms with E-state index in [4.69, 9.17) is 9.47 Å². The fourth-order valence-electron chi connectivity index (χ4n) is 2.98. The maximum atomic E-state index is 12.2. The van der Waals surface area contributed by atoms with E-state index in [0.717, 1.165) is 30.1 Å². The molecule has 3 rings (SSSR count). The molecular weight excluding hydrogens is 340 g/mol. The van der Waals surface area contributed by atoms with Crippen LogP contribution in [-0.2, 0) is 11.3 Å². The monoisotopic (exact) mass is 368 g/mol. The van der Waals surface area contributed by atoms with Gasteiger partial charge >= 0.3 is 6.09 Å². The predicted molar refractivity (Wildman–Crippen MR) is 107 cm³/mol. The highest BCUT2D eigenvalue weighted by atomic mass is 16.6. The second kappa shape index (κ2) is 8.33. The number of carbonyl (C=O) groups excluding carboxylic acids is 1. The summed E-state index contributed by atoms with van der Waals surface area (Å²) in [5.41, 5.74) is 1.80. The molecule has 1 fully saturated rings. The molecule has 0 atom stereocenters. The second-order valence-corrected chi connectivity index (χ2v) is 7.73. The Morgan fingerprint density at radius 1 is 0.963 bits per heavy atom. The number of nitrogens with zero attached hydrogens (tertiary/aromatic N) is 2. The molecule has 27 heavy (non-hydrogen) atoms. The van der Waals surface area contributed by atoms with Gasteiger partial charge in [0, 0.05) is 37.9 Å². The van der Waals surface area contributed by atoms with Crippen molar-refractivity contribution in [2.75, 3.05) is 31.1 Å². The summed E-state index contributed by atoms with van der Waals surface area (Å²) in [6.45, 7) is 9.10. The van der Waals surface area contributed by atoms with Gasteiger partial charge in [0.05, 0.1) is 0 Å². The lowest BCUT2D eigenvalue weighted by molar-refractivity contribution is 0.0240. The van der Waals surface area contributed by atoms with Gasteiger partial charge in [-0.3, -0.25) is 0 Å². The first kappa shape index (κ1) is 19.1. The van der Waals surface area contributed by atoms with E-state index in [1.807, 2.05) is 51.1 Å². The molecule has 0 N–H and O–H groups in total.